The van der Waals surface area contributed by atoms with Crippen LogP contribution in [0.2, 0.25) is 5.02 Å². The smallest absolute Gasteiger partial charge is 0.254 e. The number of benzene rings is 2. The number of anilines is 1. The monoisotopic (exact) mass is 382 g/mol. The Hall–Kier alpha value is -3.12. The van der Waals surface area contributed by atoms with Gasteiger partial charge < -0.3 is 10.2 Å². The lowest BCUT2D eigenvalue weighted by Gasteiger charge is -2.17. The van der Waals surface area contributed by atoms with Crippen molar-refractivity contribution in [1.29, 1.82) is 0 Å². The molecular weight excluding hydrogens is 364 g/mol. The highest BCUT2D eigenvalue weighted by atomic mass is 35.5. The van der Waals surface area contributed by atoms with Crippen LogP contribution in [0.1, 0.15) is 16.1 Å². The van der Waals surface area contributed by atoms with Gasteiger partial charge in [0.25, 0.3) is 5.91 Å². The van der Waals surface area contributed by atoms with Crippen LogP contribution in [0.5, 0.6) is 0 Å². The number of nitrogens with one attached hydrogen (secondary N) is 1. The molecule has 1 heterocycles. The normalized spacial score (nSPS) is 10.5. The minimum absolute atomic E-state index is 0.0541. The van der Waals surface area contributed by atoms with Crippen LogP contribution in [0.3, 0.4) is 0 Å². The van der Waals surface area contributed by atoms with Crippen molar-refractivity contribution >= 4 is 29.1 Å². The number of halogens is 1. The number of hydrogen-bond donors (Lipinski definition) is 1. The quantitative estimate of drug-likeness (QED) is 0.733. The van der Waals surface area contributed by atoms with Crippen molar-refractivity contribution in [1.82, 2.24) is 14.7 Å². The number of nitrogens with zero attached hydrogens (tertiary/aromatic N) is 3. The van der Waals surface area contributed by atoms with Crippen LogP contribution < -0.4 is 5.32 Å². The first-order chi connectivity index (χ1) is 12.9. The van der Waals surface area contributed by atoms with Gasteiger partial charge in [-0.25, -0.2) is 4.68 Å². The van der Waals surface area contributed by atoms with Gasteiger partial charge in [-0.15, -0.1) is 0 Å². The molecule has 3 aromatic rings. The maximum absolute atomic E-state index is 12.5. The Morgan fingerprint density at radius 3 is 2.33 bits per heavy atom. The van der Waals surface area contributed by atoms with Crippen molar-refractivity contribution in [3.63, 3.8) is 0 Å². The molecule has 7 heteroatoms. The predicted octanol–water partition coefficient (Wildman–Crippen LogP) is 3.54. The van der Waals surface area contributed by atoms with Crippen LogP contribution in [0.4, 0.5) is 5.69 Å². The molecule has 0 saturated heterocycles. The molecule has 2 amide bonds. The molecule has 0 unspecified atom stereocenters. The number of carbonyl (C=O) groups is 2. The van der Waals surface area contributed by atoms with E-state index < -0.39 is 0 Å². The molecule has 2 aromatic carbocycles. The Balaban J connectivity index is 1.62. The number of carbonyl (C=O) groups excluding carboxylic acids is 2. The molecule has 27 heavy (non-hydrogen) atoms. The lowest BCUT2D eigenvalue weighted by atomic mass is 10.2. The largest absolute Gasteiger partial charge is 0.332 e. The van der Waals surface area contributed by atoms with Crippen molar-refractivity contribution < 1.29 is 9.59 Å². The Morgan fingerprint density at radius 1 is 1.07 bits per heavy atom. The summed E-state index contributed by atoms with van der Waals surface area (Å²) in [5.74, 6) is -0.512. The van der Waals surface area contributed by atoms with Gasteiger partial charge >= 0.3 is 0 Å². The molecule has 1 N–H and O–H groups in total. The predicted molar refractivity (Wildman–Crippen MR) is 105 cm³/mol. The fourth-order valence-electron chi connectivity index (χ4n) is 2.63. The maximum Gasteiger partial charge on any atom is 0.254 e. The number of amides is 2. The van der Waals surface area contributed by atoms with Crippen molar-refractivity contribution in [3.8, 4) is 5.69 Å². The topological polar surface area (TPSA) is 67.2 Å². The summed E-state index contributed by atoms with van der Waals surface area (Å²) < 4.78 is 1.79. The van der Waals surface area contributed by atoms with E-state index in [9.17, 15) is 9.59 Å². The van der Waals surface area contributed by atoms with Crippen molar-refractivity contribution in [2.45, 2.75) is 6.92 Å². The second-order valence-electron chi connectivity index (χ2n) is 6.15. The summed E-state index contributed by atoms with van der Waals surface area (Å²) >= 11 is 5.82. The Morgan fingerprint density at radius 2 is 1.74 bits per heavy atom. The first-order valence-electron chi connectivity index (χ1n) is 8.36. The highest BCUT2D eigenvalue weighted by Gasteiger charge is 2.15. The number of hydrogen-bond acceptors (Lipinski definition) is 3. The van der Waals surface area contributed by atoms with Gasteiger partial charge in [0.2, 0.25) is 5.91 Å². The molecule has 0 radical (unpaired) electrons. The minimum Gasteiger partial charge on any atom is -0.332 e. The van der Waals surface area contributed by atoms with Gasteiger partial charge in [0.15, 0.2) is 0 Å². The third-order valence-electron chi connectivity index (χ3n) is 4.05. The highest BCUT2D eigenvalue weighted by molar-refractivity contribution is 6.30. The van der Waals surface area contributed by atoms with Gasteiger partial charge in [0.1, 0.15) is 0 Å². The van der Waals surface area contributed by atoms with E-state index in [1.165, 1.54) is 4.90 Å². The van der Waals surface area contributed by atoms with E-state index in [1.807, 2.05) is 25.1 Å². The summed E-state index contributed by atoms with van der Waals surface area (Å²) in [5.41, 5.74) is 3.01. The molecule has 0 atom stereocenters. The number of aromatic nitrogens is 2. The molecule has 0 saturated carbocycles. The van der Waals surface area contributed by atoms with E-state index in [0.29, 0.717) is 16.3 Å². The van der Waals surface area contributed by atoms with Crippen LogP contribution in [0, 0.1) is 6.92 Å². The fraction of sp³-hybridized carbons (Fsp3) is 0.150. The van der Waals surface area contributed by atoms with Gasteiger partial charge in [-0.05, 0) is 61.5 Å². The molecule has 138 valence electrons. The SMILES string of the molecule is Cc1ccnn1-c1ccc(C(=O)N(C)CC(=O)Nc2ccc(Cl)cc2)cc1. The summed E-state index contributed by atoms with van der Waals surface area (Å²) in [4.78, 5) is 26.1. The number of aryl methyl sites for hydroxylation is 1. The van der Waals surface area contributed by atoms with Gasteiger partial charge in [-0.2, -0.15) is 5.10 Å². The number of rotatable bonds is 5. The van der Waals surface area contributed by atoms with E-state index >= 15 is 0 Å². The first-order valence-corrected chi connectivity index (χ1v) is 8.74. The molecule has 0 bridgehead atoms. The molecule has 0 spiro atoms. The average Bonchev–Trinajstić information content (AvgIpc) is 3.09. The van der Waals surface area contributed by atoms with Crippen LogP contribution in [-0.2, 0) is 4.79 Å². The van der Waals surface area contributed by atoms with E-state index in [-0.39, 0.29) is 18.4 Å². The van der Waals surface area contributed by atoms with Crippen LogP contribution >= 0.6 is 11.6 Å². The van der Waals surface area contributed by atoms with Gasteiger partial charge in [-0.3, -0.25) is 9.59 Å². The van der Waals surface area contributed by atoms with Gasteiger partial charge in [0, 0.05) is 35.2 Å². The van der Waals surface area contributed by atoms with Gasteiger partial charge in [-0.1, -0.05) is 11.6 Å². The van der Waals surface area contributed by atoms with Crippen LogP contribution in [0.25, 0.3) is 5.69 Å². The Kier molecular flexibility index (Phi) is 5.57. The molecule has 0 aliphatic heterocycles. The zero-order valence-corrected chi connectivity index (χ0v) is 15.8. The summed E-state index contributed by atoms with van der Waals surface area (Å²) in [6, 6.07) is 15.8. The second kappa shape index (κ2) is 8.05. The van der Waals surface area contributed by atoms with E-state index in [0.717, 1.165) is 11.4 Å². The zero-order valence-electron chi connectivity index (χ0n) is 15.0. The molecule has 0 aliphatic rings. The molecule has 6 nitrogen and oxygen atoms in total. The second-order valence-corrected chi connectivity index (χ2v) is 6.58. The number of likely N-dealkylation sites (N-methyl/N-ethyl adjacent to an activating group) is 1. The van der Waals surface area contributed by atoms with E-state index in [2.05, 4.69) is 10.4 Å². The Labute approximate surface area is 162 Å². The van der Waals surface area contributed by atoms with E-state index in [4.69, 9.17) is 11.6 Å². The van der Waals surface area contributed by atoms with Gasteiger partial charge in [0.05, 0.1) is 12.2 Å². The standard InChI is InChI=1S/C20H19ClN4O2/c1-14-11-12-22-25(14)18-9-3-15(4-10-18)20(27)24(2)13-19(26)23-17-7-5-16(21)6-8-17/h3-12H,13H2,1-2H3,(H,23,26). The zero-order chi connectivity index (χ0) is 19.4. The lowest BCUT2D eigenvalue weighted by Crippen LogP contribution is -2.34. The maximum atomic E-state index is 12.5. The summed E-state index contributed by atoms with van der Waals surface area (Å²) in [7, 11) is 1.59. The van der Waals surface area contributed by atoms with Crippen molar-refractivity contribution in [3.05, 3.63) is 77.1 Å². The van der Waals surface area contributed by atoms with Crippen LogP contribution in [-0.4, -0.2) is 40.1 Å². The first kappa shape index (κ1) is 18.7. The minimum atomic E-state index is -0.281. The average molecular weight is 383 g/mol. The van der Waals surface area contributed by atoms with Crippen molar-refractivity contribution in [2.75, 3.05) is 18.9 Å². The fourth-order valence-corrected chi connectivity index (χ4v) is 2.75. The summed E-state index contributed by atoms with van der Waals surface area (Å²) in [5, 5.41) is 7.57. The summed E-state index contributed by atoms with van der Waals surface area (Å²) in [6.07, 6.45) is 1.72. The molecular formula is C20H19ClN4O2. The van der Waals surface area contributed by atoms with Crippen LogP contribution in [0.15, 0.2) is 60.8 Å². The van der Waals surface area contributed by atoms with E-state index in [1.54, 1.807) is 54.3 Å². The molecule has 0 aliphatic carbocycles. The molecule has 1 aromatic heterocycles. The summed E-state index contributed by atoms with van der Waals surface area (Å²) in [6.45, 7) is 1.90. The highest BCUT2D eigenvalue weighted by Crippen LogP contribution is 2.14. The molecule has 3 rings (SSSR count). The third-order valence-corrected chi connectivity index (χ3v) is 4.30. The third kappa shape index (κ3) is 4.54. The Bertz CT molecular complexity index is 949. The van der Waals surface area contributed by atoms with Crippen molar-refractivity contribution in [2.24, 2.45) is 0 Å². The molecule has 0 fully saturated rings. The lowest BCUT2D eigenvalue weighted by molar-refractivity contribution is -0.116.